The van der Waals surface area contributed by atoms with Crippen molar-refractivity contribution < 1.29 is 17.9 Å². The van der Waals surface area contributed by atoms with E-state index in [-0.39, 0.29) is 17.5 Å². The first kappa shape index (κ1) is 16.4. The largest absolute Gasteiger partial charge is 0.465 e. The summed E-state index contributed by atoms with van der Waals surface area (Å²) in [6, 6.07) is 0. The molecule has 6 nitrogen and oxygen atoms in total. The van der Waals surface area contributed by atoms with Gasteiger partial charge in [0.1, 0.15) is 5.54 Å². The van der Waals surface area contributed by atoms with Crippen LogP contribution in [0.1, 0.15) is 20.3 Å². The molecule has 0 aromatic carbocycles. The molecule has 1 fully saturated rings. The normalized spacial score (nSPS) is 22.7. The van der Waals surface area contributed by atoms with Gasteiger partial charge in [-0.2, -0.15) is 0 Å². The van der Waals surface area contributed by atoms with E-state index in [4.69, 9.17) is 4.74 Å². The van der Waals surface area contributed by atoms with Crippen LogP contribution in [0, 0.1) is 0 Å². The van der Waals surface area contributed by atoms with Gasteiger partial charge in [-0.1, -0.05) is 0 Å². The van der Waals surface area contributed by atoms with Crippen LogP contribution in [0.4, 0.5) is 0 Å². The predicted octanol–water partition coefficient (Wildman–Crippen LogP) is -0.352. The van der Waals surface area contributed by atoms with Gasteiger partial charge in [0.05, 0.1) is 18.1 Å². The number of nitrogens with one attached hydrogen (secondary N) is 1. The minimum atomic E-state index is -2.85. The number of rotatable bonds is 6. The molecule has 0 aliphatic carbocycles. The third kappa shape index (κ3) is 4.74. The summed E-state index contributed by atoms with van der Waals surface area (Å²) in [7, 11) is -1.12. The van der Waals surface area contributed by atoms with Crippen molar-refractivity contribution in [1.29, 1.82) is 0 Å². The summed E-state index contributed by atoms with van der Waals surface area (Å²) in [5.41, 5.74) is -0.716. The highest BCUT2D eigenvalue weighted by atomic mass is 32.2. The number of ether oxygens (including phenoxy) is 1. The van der Waals surface area contributed by atoms with Gasteiger partial charge in [0.2, 0.25) is 0 Å². The minimum absolute atomic E-state index is 0.211. The fourth-order valence-corrected chi connectivity index (χ4v) is 3.25. The van der Waals surface area contributed by atoms with Crippen LogP contribution in [-0.4, -0.2) is 69.6 Å². The van der Waals surface area contributed by atoms with E-state index < -0.39 is 15.4 Å². The van der Waals surface area contributed by atoms with E-state index in [2.05, 4.69) is 10.2 Å². The molecule has 0 bridgehead atoms. The first-order valence-electron chi connectivity index (χ1n) is 6.62. The Labute approximate surface area is 115 Å². The molecule has 0 amide bonds. The van der Waals surface area contributed by atoms with Crippen molar-refractivity contribution in [2.24, 2.45) is 0 Å². The lowest BCUT2D eigenvalue weighted by Crippen LogP contribution is -2.51. The lowest BCUT2D eigenvalue weighted by molar-refractivity contribution is -0.150. The topological polar surface area (TPSA) is 75.7 Å². The fourth-order valence-electron chi connectivity index (χ4n) is 1.98. The maximum absolute atomic E-state index is 11.9. The molecular weight excluding hydrogens is 268 g/mol. The monoisotopic (exact) mass is 292 g/mol. The Morgan fingerprint density at radius 3 is 2.42 bits per heavy atom. The Bertz CT molecular complexity index is 396. The number of sulfone groups is 1. The van der Waals surface area contributed by atoms with Gasteiger partial charge in [-0.25, -0.2) is 8.42 Å². The lowest BCUT2D eigenvalue weighted by Gasteiger charge is -2.32. The van der Waals surface area contributed by atoms with Crippen LogP contribution in [-0.2, 0) is 19.4 Å². The molecule has 1 aliphatic rings. The van der Waals surface area contributed by atoms with E-state index in [0.29, 0.717) is 32.7 Å². The summed E-state index contributed by atoms with van der Waals surface area (Å²) in [6.07, 6.45) is 0.600. The molecule has 7 heteroatoms. The molecule has 0 aromatic rings. The SMILES string of the molecule is CCOC(=O)C(C)(CCN1CCS(=O)(=O)CC1)NC. The highest BCUT2D eigenvalue weighted by molar-refractivity contribution is 7.91. The Morgan fingerprint density at radius 2 is 1.95 bits per heavy atom. The Kier molecular flexibility index (Phi) is 5.76. The van der Waals surface area contributed by atoms with Crippen LogP contribution in [0.15, 0.2) is 0 Å². The highest BCUT2D eigenvalue weighted by Crippen LogP contribution is 2.14. The summed E-state index contributed by atoms with van der Waals surface area (Å²) in [6.45, 7) is 5.73. The molecule has 112 valence electrons. The number of carbonyl (C=O) groups is 1. The summed E-state index contributed by atoms with van der Waals surface area (Å²) in [5.74, 6) is 0.160. The van der Waals surface area contributed by atoms with Crippen LogP contribution in [0.3, 0.4) is 0 Å². The van der Waals surface area contributed by atoms with Gasteiger partial charge in [0.25, 0.3) is 0 Å². The maximum atomic E-state index is 11.9. The van der Waals surface area contributed by atoms with Crippen molar-refractivity contribution in [3.63, 3.8) is 0 Å². The number of nitrogens with zero attached hydrogens (tertiary/aromatic N) is 1. The molecule has 0 saturated carbocycles. The van der Waals surface area contributed by atoms with Gasteiger partial charge >= 0.3 is 5.97 Å². The molecule has 1 saturated heterocycles. The number of carbonyl (C=O) groups excluding carboxylic acids is 1. The second kappa shape index (κ2) is 6.67. The zero-order chi connectivity index (χ0) is 14.5. The quantitative estimate of drug-likeness (QED) is 0.674. The van der Waals surface area contributed by atoms with Crippen molar-refractivity contribution >= 4 is 15.8 Å². The molecular formula is C12H24N2O4S. The van der Waals surface area contributed by atoms with E-state index in [1.54, 1.807) is 14.0 Å². The van der Waals surface area contributed by atoms with Gasteiger partial charge in [-0.05, 0) is 27.3 Å². The lowest BCUT2D eigenvalue weighted by atomic mass is 9.98. The van der Waals surface area contributed by atoms with Crippen molar-refractivity contribution in [2.75, 3.05) is 44.8 Å². The molecule has 1 atom stereocenters. The third-order valence-electron chi connectivity index (χ3n) is 3.64. The van der Waals surface area contributed by atoms with Crippen molar-refractivity contribution in [2.45, 2.75) is 25.8 Å². The molecule has 0 radical (unpaired) electrons. The molecule has 19 heavy (non-hydrogen) atoms. The van der Waals surface area contributed by atoms with Crippen LogP contribution < -0.4 is 5.32 Å². The summed E-state index contributed by atoms with van der Waals surface area (Å²) in [4.78, 5) is 14.0. The van der Waals surface area contributed by atoms with Gasteiger partial charge in [0, 0.05) is 19.6 Å². The van der Waals surface area contributed by atoms with Gasteiger partial charge in [-0.15, -0.1) is 0 Å². The number of hydrogen-bond donors (Lipinski definition) is 1. The molecule has 1 aliphatic heterocycles. The molecule has 1 heterocycles. The summed E-state index contributed by atoms with van der Waals surface area (Å²) >= 11 is 0. The standard InChI is InChI=1S/C12H24N2O4S/c1-4-18-11(15)12(2,13-3)5-6-14-7-9-19(16,17)10-8-14/h13H,4-10H2,1-3H3. The van der Waals surface area contributed by atoms with Crippen LogP contribution >= 0.6 is 0 Å². The second-order valence-corrected chi connectivity index (χ2v) is 7.35. The first-order valence-corrected chi connectivity index (χ1v) is 8.44. The third-order valence-corrected chi connectivity index (χ3v) is 5.25. The molecule has 1 rings (SSSR count). The molecule has 1 N–H and O–H groups in total. The molecule has 0 aromatic heterocycles. The molecule has 1 unspecified atom stereocenters. The Hall–Kier alpha value is -0.660. The van der Waals surface area contributed by atoms with E-state index in [1.807, 2.05) is 6.92 Å². The highest BCUT2D eigenvalue weighted by Gasteiger charge is 2.33. The maximum Gasteiger partial charge on any atom is 0.326 e. The first-order chi connectivity index (χ1) is 8.83. The zero-order valence-electron chi connectivity index (χ0n) is 11.9. The molecule has 0 spiro atoms. The van der Waals surface area contributed by atoms with Crippen molar-refractivity contribution in [1.82, 2.24) is 10.2 Å². The number of hydrogen-bond acceptors (Lipinski definition) is 6. The predicted molar refractivity (Wildman–Crippen MR) is 73.8 cm³/mol. The van der Waals surface area contributed by atoms with Crippen molar-refractivity contribution in [3.8, 4) is 0 Å². The summed E-state index contributed by atoms with van der Waals surface area (Å²) < 4.78 is 27.7. The average Bonchev–Trinajstić information content (AvgIpc) is 2.37. The average molecular weight is 292 g/mol. The Morgan fingerprint density at radius 1 is 1.37 bits per heavy atom. The van der Waals surface area contributed by atoms with Crippen LogP contribution in [0.5, 0.6) is 0 Å². The van der Waals surface area contributed by atoms with E-state index in [0.717, 1.165) is 0 Å². The van der Waals surface area contributed by atoms with E-state index >= 15 is 0 Å². The van der Waals surface area contributed by atoms with E-state index in [9.17, 15) is 13.2 Å². The van der Waals surface area contributed by atoms with Gasteiger partial charge in [0.15, 0.2) is 9.84 Å². The van der Waals surface area contributed by atoms with Crippen molar-refractivity contribution in [3.05, 3.63) is 0 Å². The number of esters is 1. The number of likely N-dealkylation sites (N-methyl/N-ethyl adjacent to an activating group) is 1. The van der Waals surface area contributed by atoms with E-state index in [1.165, 1.54) is 0 Å². The summed E-state index contributed by atoms with van der Waals surface area (Å²) in [5, 5.41) is 3.00. The van der Waals surface area contributed by atoms with Crippen LogP contribution in [0.2, 0.25) is 0 Å². The zero-order valence-corrected chi connectivity index (χ0v) is 12.8. The minimum Gasteiger partial charge on any atom is -0.465 e. The Balaban J connectivity index is 2.48. The van der Waals surface area contributed by atoms with Crippen LogP contribution in [0.25, 0.3) is 0 Å². The smallest absolute Gasteiger partial charge is 0.326 e. The van der Waals surface area contributed by atoms with Gasteiger partial charge < -0.3 is 15.0 Å². The fraction of sp³-hybridized carbons (Fsp3) is 0.917. The second-order valence-electron chi connectivity index (χ2n) is 5.05. The van der Waals surface area contributed by atoms with Gasteiger partial charge in [-0.3, -0.25) is 4.79 Å².